The number of thioether (sulfide) groups is 1. The average molecular weight is 500 g/mol. The number of carbonyl (C=O) groups excluding carboxylic acids is 1. The van der Waals surface area contributed by atoms with Gasteiger partial charge in [0.05, 0.1) is 16.0 Å². The molecule has 6 nitrogen and oxygen atoms in total. The van der Waals surface area contributed by atoms with E-state index in [1.54, 1.807) is 43.3 Å². The molecule has 2 aromatic carbocycles. The lowest BCUT2D eigenvalue weighted by molar-refractivity contribution is -0.115. The number of ether oxygens (including phenoxy) is 1. The first kappa shape index (κ1) is 20.8. The van der Waals surface area contributed by atoms with Gasteiger partial charge in [0.1, 0.15) is 9.22 Å². The maximum absolute atomic E-state index is 12.6. The van der Waals surface area contributed by atoms with Gasteiger partial charge in [-0.25, -0.2) is 0 Å². The van der Waals surface area contributed by atoms with Crippen molar-refractivity contribution in [1.29, 1.82) is 0 Å². The van der Waals surface area contributed by atoms with Crippen molar-refractivity contribution in [3.05, 3.63) is 57.4 Å². The van der Waals surface area contributed by atoms with Crippen LogP contribution in [-0.2, 0) is 14.9 Å². The predicted octanol–water partition coefficient (Wildman–Crippen LogP) is 4.10. The van der Waals surface area contributed by atoms with Crippen LogP contribution < -0.4 is 14.2 Å². The molecular weight excluding hydrogens is 486 g/mol. The summed E-state index contributed by atoms with van der Waals surface area (Å²) in [5.74, 6) is -0.0165. The number of rotatable bonds is 6. The first-order valence-electron chi connectivity index (χ1n) is 8.01. The van der Waals surface area contributed by atoms with Crippen molar-refractivity contribution in [2.75, 3.05) is 6.61 Å². The average Bonchev–Trinajstić information content (AvgIpc) is 2.96. The Hall–Kier alpha value is -1.88. The molecule has 0 bridgehead atoms. The highest BCUT2D eigenvalue weighted by Gasteiger charge is 2.24. The van der Waals surface area contributed by atoms with Crippen LogP contribution in [0.2, 0.25) is 0 Å². The Morgan fingerprint density at radius 3 is 2.57 bits per heavy atom. The number of carbonyl (C=O) groups is 1. The first-order valence-corrected chi connectivity index (χ1v) is 11.4. The summed E-state index contributed by atoms with van der Waals surface area (Å²) in [4.78, 5) is 12.3. The van der Waals surface area contributed by atoms with Gasteiger partial charge in [-0.15, -0.1) is 0 Å². The zero-order valence-corrected chi connectivity index (χ0v) is 18.5. The highest BCUT2D eigenvalue weighted by molar-refractivity contribution is 9.10. The standard InChI is InChI=1S/C18H14BrNO5S3/c1-2-24-14-9-11(10-15-17(21)20-18(26)27-15)8-13(19)16(14)25-28(22,23)12-6-4-3-5-7-12/h3-10H,2H2,1H3,(H,20,21,26)/b15-10-. The lowest BCUT2D eigenvalue weighted by atomic mass is 10.2. The molecule has 0 radical (unpaired) electrons. The van der Waals surface area contributed by atoms with E-state index >= 15 is 0 Å². The summed E-state index contributed by atoms with van der Waals surface area (Å²) in [6.07, 6.45) is 1.64. The van der Waals surface area contributed by atoms with Gasteiger partial charge < -0.3 is 14.2 Å². The van der Waals surface area contributed by atoms with Gasteiger partial charge in [0.25, 0.3) is 5.91 Å². The minimum Gasteiger partial charge on any atom is -0.490 e. The van der Waals surface area contributed by atoms with Crippen LogP contribution in [0.25, 0.3) is 6.08 Å². The van der Waals surface area contributed by atoms with Gasteiger partial charge in [0, 0.05) is 0 Å². The number of amides is 1. The second-order valence-electron chi connectivity index (χ2n) is 5.47. The van der Waals surface area contributed by atoms with Crippen molar-refractivity contribution < 1.29 is 22.1 Å². The number of thiocarbonyl (C=S) groups is 1. The molecule has 146 valence electrons. The van der Waals surface area contributed by atoms with Gasteiger partial charge in [0.2, 0.25) is 0 Å². The first-order chi connectivity index (χ1) is 13.3. The van der Waals surface area contributed by atoms with Crippen LogP contribution >= 0.6 is 39.9 Å². The van der Waals surface area contributed by atoms with Crippen molar-refractivity contribution >= 4 is 66.3 Å². The monoisotopic (exact) mass is 499 g/mol. The Morgan fingerprint density at radius 2 is 1.96 bits per heavy atom. The molecule has 0 atom stereocenters. The Bertz CT molecular complexity index is 1070. The Labute approximate surface area is 180 Å². The third-order valence-corrected chi connectivity index (χ3v) is 6.48. The smallest absolute Gasteiger partial charge is 0.339 e. The summed E-state index contributed by atoms with van der Waals surface area (Å²) in [6.45, 7) is 2.07. The van der Waals surface area contributed by atoms with E-state index in [9.17, 15) is 13.2 Å². The van der Waals surface area contributed by atoms with Gasteiger partial charge in [-0.05, 0) is 58.8 Å². The second kappa shape index (κ2) is 8.64. The van der Waals surface area contributed by atoms with Gasteiger partial charge >= 0.3 is 10.1 Å². The van der Waals surface area contributed by atoms with Gasteiger partial charge in [-0.2, -0.15) is 8.42 Å². The highest BCUT2D eigenvalue weighted by atomic mass is 79.9. The molecule has 10 heteroatoms. The predicted molar refractivity (Wildman–Crippen MR) is 116 cm³/mol. The second-order valence-corrected chi connectivity index (χ2v) is 9.59. The maximum atomic E-state index is 12.6. The number of halogens is 1. The molecule has 1 aliphatic heterocycles. The van der Waals surface area contributed by atoms with Crippen LogP contribution in [0.4, 0.5) is 0 Å². The fraction of sp³-hybridized carbons (Fsp3) is 0.111. The summed E-state index contributed by atoms with van der Waals surface area (Å²) >= 11 is 9.47. The molecule has 0 aromatic heterocycles. The van der Waals surface area contributed by atoms with Crippen molar-refractivity contribution in [2.24, 2.45) is 0 Å². The van der Waals surface area contributed by atoms with Gasteiger partial charge in [-0.1, -0.05) is 42.2 Å². The molecular formula is C18H14BrNO5S3. The van der Waals surface area contributed by atoms with Crippen LogP contribution in [0.15, 0.2) is 56.7 Å². The van der Waals surface area contributed by atoms with Crippen molar-refractivity contribution in [1.82, 2.24) is 5.32 Å². The SMILES string of the molecule is CCOc1cc(/C=C2\SC(=S)NC2=O)cc(Br)c1OS(=O)(=O)c1ccccc1. The van der Waals surface area contributed by atoms with Crippen LogP contribution in [0.3, 0.4) is 0 Å². The summed E-state index contributed by atoms with van der Waals surface area (Å²) in [5.41, 5.74) is 0.627. The van der Waals surface area contributed by atoms with Crippen LogP contribution in [0.5, 0.6) is 11.5 Å². The topological polar surface area (TPSA) is 81.7 Å². The summed E-state index contributed by atoms with van der Waals surface area (Å²) < 4.78 is 36.8. The van der Waals surface area contributed by atoms with E-state index in [2.05, 4.69) is 21.2 Å². The molecule has 3 rings (SSSR count). The molecule has 0 unspecified atom stereocenters. The molecule has 1 amide bonds. The van der Waals surface area contributed by atoms with E-state index in [1.807, 2.05) is 0 Å². The van der Waals surface area contributed by atoms with Crippen molar-refractivity contribution in [2.45, 2.75) is 11.8 Å². The van der Waals surface area contributed by atoms with Gasteiger partial charge in [0.15, 0.2) is 11.5 Å². The largest absolute Gasteiger partial charge is 0.490 e. The molecule has 0 aliphatic carbocycles. The fourth-order valence-electron chi connectivity index (χ4n) is 2.33. The quantitative estimate of drug-likeness (QED) is 0.363. The van der Waals surface area contributed by atoms with Crippen molar-refractivity contribution in [3.8, 4) is 11.5 Å². The van der Waals surface area contributed by atoms with Gasteiger partial charge in [-0.3, -0.25) is 4.79 Å². The van der Waals surface area contributed by atoms with Crippen LogP contribution in [-0.4, -0.2) is 25.3 Å². The number of nitrogens with one attached hydrogen (secondary N) is 1. The number of hydrogen-bond acceptors (Lipinski definition) is 7. The zero-order valence-electron chi connectivity index (χ0n) is 14.5. The number of benzene rings is 2. The Morgan fingerprint density at radius 1 is 1.25 bits per heavy atom. The Balaban J connectivity index is 1.99. The molecule has 1 fully saturated rings. The summed E-state index contributed by atoms with van der Waals surface area (Å²) in [5, 5.41) is 2.54. The minimum absolute atomic E-state index is 0.0306. The van der Waals surface area contributed by atoms with E-state index in [1.165, 1.54) is 12.1 Å². The highest BCUT2D eigenvalue weighted by Crippen LogP contribution is 2.40. The van der Waals surface area contributed by atoms with Crippen LogP contribution in [0.1, 0.15) is 12.5 Å². The molecule has 2 aromatic rings. The molecule has 1 N–H and O–H groups in total. The van der Waals surface area contributed by atoms with Crippen LogP contribution in [0, 0.1) is 0 Å². The fourth-order valence-corrected chi connectivity index (χ4v) is 5.00. The molecule has 0 saturated carbocycles. The van der Waals surface area contributed by atoms with E-state index in [-0.39, 0.29) is 22.3 Å². The molecule has 0 spiro atoms. The summed E-state index contributed by atoms with van der Waals surface area (Å²) in [6, 6.07) is 11.1. The molecule has 28 heavy (non-hydrogen) atoms. The zero-order chi connectivity index (χ0) is 20.3. The van der Waals surface area contributed by atoms with Crippen molar-refractivity contribution in [3.63, 3.8) is 0 Å². The van der Waals surface area contributed by atoms with E-state index in [4.69, 9.17) is 21.1 Å². The van der Waals surface area contributed by atoms with E-state index < -0.39 is 10.1 Å². The lowest BCUT2D eigenvalue weighted by Crippen LogP contribution is -2.17. The normalized spacial score (nSPS) is 15.6. The molecule has 1 saturated heterocycles. The maximum Gasteiger partial charge on any atom is 0.339 e. The van der Waals surface area contributed by atoms with E-state index in [0.717, 1.165) is 11.8 Å². The third-order valence-electron chi connectivity index (χ3n) is 3.50. The summed E-state index contributed by atoms with van der Waals surface area (Å²) in [7, 11) is -4.04. The minimum atomic E-state index is -4.04. The molecule has 1 aliphatic rings. The third kappa shape index (κ3) is 4.75. The molecule has 1 heterocycles. The lowest BCUT2D eigenvalue weighted by Gasteiger charge is -2.14. The number of hydrogen-bond donors (Lipinski definition) is 1. The van der Waals surface area contributed by atoms with E-state index in [0.29, 0.717) is 25.9 Å². The Kier molecular flexibility index (Phi) is 6.43.